The van der Waals surface area contributed by atoms with Crippen molar-refractivity contribution in [1.29, 1.82) is 0 Å². The number of carbonyl (C=O) groups excluding carboxylic acids is 1. The molecule has 0 radical (unpaired) electrons. The highest BCUT2D eigenvalue weighted by molar-refractivity contribution is 7.21. The minimum atomic E-state index is -0.630. The van der Waals surface area contributed by atoms with Crippen LogP contribution in [0, 0.1) is 18.7 Å². The molecule has 39 heavy (non-hydrogen) atoms. The molecule has 2 aromatic carbocycles. The fourth-order valence-electron chi connectivity index (χ4n) is 4.95. The van der Waals surface area contributed by atoms with Crippen LogP contribution in [0.4, 0.5) is 35.8 Å². The minimum absolute atomic E-state index is 0.235. The number of hydrogen-bond acceptors (Lipinski definition) is 8. The molecule has 2 amide bonds. The van der Waals surface area contributed by atoms with Crippen LogP contribution in [0.1, 0.15) is 25.1 Å². The fraction of sp³-hybridized carbons (Fsp3) is 0.185. The predicted octanol–water partition coefficient (Wildman–Crippen LogP) is 6.71. The Morgan fingerprint density at radius 1 is 1.13 bits per heavy atom. The fourth-order valence-corrected chi connectivity index (χ4v) is 5.78. The molecule has 198 valence electrons. The van der Waals surface area contributed by atoms with Crippen LogP contribution >= 0.6 is 11.3 Å². The number of halogens is 2. The van der Waals surface area contributed by atoms with Gasteiger partial charge in [-0.15, -0.1) is 0 Å². The number of para-hydroxylation sites is 2. The van der Waals surface area contributed by atoms with Gasteiger partial charge in [-0.3, -0.25) is 5.32 Å². The number of urea groups is 1. The van der Waals surface area contributed by atoms with Crippen molar-refractivity contribution in [3.63, 3.8) is 0 Å². The summed E-state index contributed by atoms with van der Waals surface area (Å²) in [6.07, 6.45) is 0. The number of thiazole rings is 1. The largest absolute Gasteiger partial charge is 0.506 e. The van der Waals surface area contributed by atoms with E-state index in [0.717, 1.165) is 17.4 Å². The van der Waals surface area contributed by atoms with Gasteiger partial charge in [0.25, 0.3) is 0 Å². The zero-order valence-electron chi connectivity index (χ0n) is 21.0. The van der Waals surface area contributed by atoms with E-state index >= 15 is 4.39 Å². The molecule has 3 aromatic heterocycles. The third-order valence-electron chi connectivity index (χ3n) is 6.49. The van der Waals surface area contributed by atoms with Gasteiger partial charge in [0, 0.05) is 29.7 Å². The highest BCUT2D eigenvalue weighted by Gasteiger charge is 2.42. The van der Waals surface area contributed by atoms with E-state index in [1.165, 1.54) is 12.1 Å². The Morgan fingerprint density at radius 3 is 2.69 bits per heavy atom. The van der Waals surface area contributed by atoms with Crippen molar-refractivity contribution in [2.45, 2.75) is 26.2 Å². The summed E-state index contributed by atoms with van der Waals surface area (Å²) >= 11 is 1.05. The van der Waals surface area contributed by atoms with Crippen molar-refractivity contribution in [2.75, 3.05) is 22.1 Å². The number of nitrogens with one attached hydrogen (secondary N) is 2. The van der Waals surface area contributed by atoms with Gasteiger partial charge in [-0.1, -0.05) is 42.5 Å². The molecule has 6 rings (SSSR count). The molecule has 0 spiro atoms. The number of pyridine rings is 1. The molecule has 0 saturated carbocycles. The maximum atomic E-state index is 15.3. The van der Waals surface area contributed by atoms with Crippen molar-refractivity contribution in [2.24, 2.45) is 0 Å². The molecule has 0 aliphatic carbocycles. The van der Waals surface area contributed by atoms with Gasteiger partial charge in [-0.05, 0) is 31.2 Å². The number of aryl methyl sites for hydroxylation is 1. The molecule has 0 unspecified atom stereocenters. The van der Waals surface area contributed by atoms with E-state index in [9.17, 15) is 14.3 Å². The molecule has 4 heterocycles. The van der Waals surface area contributed by atoms with E-state index < -0.39 is 23.2 Å². The first kappa shape index (κ1) is 24.7. The minimum Gasteiger partial charge on any atom is -0.506 e. The Morgan fingerprint density at radius 2 is 1.92 bits per heavy atom. The molecule has 0 saturated heterocycles. The summed E-state index contributed by atoms with van der Waals surface area (Å²) in [6, 6.07) is 11.9. The van der Waals surface area contributed by atoms with Crippen molar-refractivity contribution in [3.05, 3.63) is 71.6 Å². The van der Waals surface area contributed by atoms with Crippen molar-refractivity contribution < 1.29 is 23.2 Å². The molecule has 0 bridgehead atoms. The molecule has 5 aromatic rings. The monoisotopic (exact) mass is 548 g/mol. The zero-order chi connectivity index (χ0) is 27.5. The lowest BCUT2D eigenvalue weighted by Gasteiger charge is -2.25. The number of rotatable bonds is 4. The summed E-state index contributed by atoms with van der Waals surface area (Å²) in [5.41, 5.74) is 2.73. The lowest BCUT2D eigenvalue weighted by Crippen LogP contribution is -2.27. The molecule has 1 aliphatic rings. The Bertz CT molecular complexity index is 1770. The summed E-state index contributed by atoms with van der Waals surface area (Å²) < 4.78 is 34.1. The number of amides is 2. The second kappa shape index (κ2) is 9.02. The van der Waals surface area contributed by atoms with Crippen LogP contribution in [0.15, 0.2) is 53.1 Å². The molecule has 1 aliphatic heterocycles. The van der Waals surface area contributed by atoms with Crippen LogP contribution in [0.25, 0.3) is 21.7 Å². The number of phenols is 1. The van der Waals surface area contributed by atoms with E-state index in [2.05, 4.69) is 25.8 Å². The molecular formula is C27H22F2N6O3S. The van der Waals surface area contributed by atoms with Gasteiger partial charge in [0.15, 0.2) is 10.9 Å². The Labute approximate surface area is 225 Å². The van der Waals surface area contributed by atoms with E-state index in [0.29, 0.717) is 45.2 Å². The Balaban J connectivity index is 1.36. The number of benzene rings is 2. The second-order valence-electron chi connectivity index (χ2n) is 9.85. The smallest absolute Gasteiger partial charge is 0.325 e. The highest BCUT2D eigenvalue weighted by atomic mass is 32.1. The SMILES string of the molecule is Cc1cc(-c2c(F)cc(O)c3c2C(C)(C)CN3c2ccccc2NC(=O)Nc2nc3ccc(F)nc3s2)on1. The highest BCUT2D eigenvalue weighted by Crippen LogP contribution is 2.54. The number of anilines is 4. The van der Waals surface area contributed by atoms with Crippen LogP contribution in [0.5, 0.6) is 5.75 Å². The lowest BCUT2D eigenvalue weighted by atomic mass is 9.82. The van der Waals surface area contributed by atoms with Crippen LogP contribution < -0.4 is 15.5 Å². The third-order valence-corrected chi connectivity index (χ3v) is 7.37. The zero-order valence-corrected chi connectivity index (χ0v) is 21.9. The molecular weight excluding hydrogens is 526 g/mol. The molecule has 0 fully saturated rings. The van der Waals surface area contributed by atoms with E-state index in [4.69, 9.17) is 4.52 Å². The lowest BCUT2D eigenvalue weighted by molar-refractivity contribution is 0.262. The average molecular weight is 549 g/mol. The van der Waals surface area contributed by atoms with Crippen molar-refractivity contribution in [3.8, 4) is 17.1 Å². The van der Waals surface area contributed by atoms with Crippen LogP contribution in [0.3, 0.4) is 0 Å². The number of aromatic hydroxyl groups is 1. The topological polar surface area (TPSA) is 116 Å². The number of phenolic OH excluding ortho intramolecular Hbond substituents is 1. The van der Waals surface area contributed by atoms with E-state index in [1.807, 2.05) is 18.7 Å². The number of aromatic nitrogens is 3. The van der Waals surface area contributed by atoms with Crippen LogP contribution in [-0.4, -0.2) is 32.8 Å². The van der Waals surface area contributed by atoms with Gasteiger partial charge in [0.05, 0.1) is 28.3 Å². The first-order chi connectivity index (χ1) is 18.6. The number of fused-ring (bicyclic) bond motifs is 2. The maximum Gasteiger partial charge on any atom is 0.325 e. The number of hydrogen-bond donors (Lipinski definition) is 3. The summed E-state index contributed by atoms with van der Waals surface area (Å²) in [7, 11) is 0. The summed E-state index contributed by atoms with van der Waals surface area (Å²) in [4.78, 5) is 23.2. The van der Waals surface area contributed by atoms with Gasteiger partial charge in [-0.2, -0.15) is 4.39 Å². The van der Waals surface area contributed by atoms with Crippen molar-refractivity contribution >= 4 is 49.9 Å². The first-order valence-electron chi connectivity index (χ1n) is 12.0. The van der Waals surface area contributed by atoms with E-state index in [-0.39, 0.29) is 22.2 Å². The summed E-state index contributed by atoms with van der Waals surface area (Å²) in [5.74, 6) is -1.21. The number of nitrogens with zero attached hydrogens (tertiary/aromatic N) is 4. The van der Waals surface area contributed by atoms with E-state index in [1.54, 1.807) is 37.3 Å². The first-order valence-corrected chi connectivity index (χ1v) is 12.8. The second-order valence-corrected chi connectivity index (χ2v) is 10.8. The van der Waals surface area contributed by atoms with Gasteiger partial charge in [-0.25, -0.2) is 19.2 Å². The molecule has 0 atom stereocenters. The molecule has 3 N–H and O–H groups in total. The third kappa shape index (κ3) is 4.32. The van der Waals surface area contributed by atoms with Gasteiger partial charge < -0.3 is 19.8 Å². The maximum absolute atomic E-state index is 15.3. The van der Waals surface area contributed by atoms with Gasteiger partial charge in [0.2, 0.25) is 5.95 Å². The quantitative estimate of drug-likeness (QED) is 0.214. The normalized spacial score (nSPS) is 14.0. The summed E-state index contributed by atoms with van der Waals surface area (Å²) in [5, 5.41) is 20.6. The Hall–Kier alpha value is -4.58. The van der Waals surface area contributed by atoms with Crippen molar-refractivity contribution in [1.82, 2.24) is 15.1 Å². The molecule has 12 heteroatoms. The number of carbonyl (C=O) groups is 1. The molecule has 9 nitrogen and oxygen atoms in total. The summed E-state index contributed by atoms with van der Waals surface area (Å²) in [6.45, 7) is 6.03. The predicted molar refractivity (Wildman–Crippen MR) is 145 cm³/mol. The standard InChI is InChI=1S/C27H22F2N6O3S/c1-13-10-19(38-34-13)21-14(28)11-18(36)23-22(21)27(2,3)12-35(23)17-7-5-4-6-15(17)30-25(37)33-26-31-16-8-9-20(29)32-24(16)39-26/h4-11,36H,12H2,1-3H3,(H2,30,31,33,37). The van der Waals surface area contributed by atoms with Gasteiger partial charge >= 0.3 is 6.03 Å². The Kier molecular flexibility index (Phi) is 5.72. The average Bonchev–Trinajstić information content (AvgIpc) is 3.54. The van der Waals surface area contributed by atoms with Crippen LogP contribution in [0.2, 0.25) is 0 Å². The van der Waals surface area contributed by atoms with Crippen LogP contribution in [-0.2, 0) is 5.41 Å². The van der Waals surface area contributed by atoms with Gasteiger partial charge in [0.1, 0.15) is 21.9 Å².